The zero-order valence-corrected chi connectivity index (χ0v) is 19.8. The molecule has 0 radical (unpaired) electrons. The Morgan fingerprint density at radius 3 is 2.28 bits per heavy atom. The summed E-state index contributed by atoms with van der Waals surface area (Å²) < 4.78 is 21.4. The van der Waals surface area contributed by atoms with Gasteiger partial charge in [0.2, 0.25) is 5.75 Å². The first-order valence-electron chi connectivity index (χ1n) is 9.02. The van der Waals surface area contributed by atoms with Crippen LogP contribution in [-0.4, -0.2) is 45.5 Å². The van der Waals surface area contributed by atoms with Gasteiger partial charge in [0, 0.05) is 6.54 Å². The lowest BCUT2D eigenvalue weighted by atomic mass is 10.0. The van der Waals surface area contributed by atoms with Crippen LogP contribution in [0.15, 0.2) is 39.9 Å². The average Bonchev–Trinajstić information content (AvgIpc) is 3.25. The summed E-state index contributed by atoms with van der Waals surface area (Å²) in [7, 11) is 4.72. The highest BCUT2D eigenvalue weighted by molar-refractivity contribution is 14.0. The molecule has 1 aromatic heterocycles. The molecule has 1 unspecified atom stereocenters. The Morgan fingerprint density at radius 1 is 1.14 bits per heavy atom. The Hall–Kier alpha value is -2.14. The van der Waals surface area contributed by atoms with Crippen molar-refractivity contribution in [1.82, 2.24) is 10.6 Å². The van der Waals surface area contributed by atoms with Crippen molar-refractivity contribution >= 4 is 29.9 Å². The molecule has 0 amide bonds. The lowest BCUT2D eigenvalue weighted by molar-refractivity contribution is 0.0386. The smallest absolute Gasteiger partial charge is 0.203 e. The van der Waals surface area contributed by atoms with Gasteiger partial charge in [0.15, 0.2) is 17.5 Å². The molecular formula is C20H30IN3O5. The summed E-state index contributed by atoms with van der Waals surface area (Å²) in [5.74, 6) is 2.75. The van der Waals surface area contributed by atoms with Crippen LogP contribution in [0.5, 0.6) is 17.2 Å². The number of guanidine groups is 1. The van der Waals surface area contributed by atoms with Gasteiger partial charge in [0.25, 0.3) is 0 Å². The summed E-state index contributed by atoms with van der Waals surface area (Å²) in [4.78, 5) is 4.58. The minimum absolute atomic E-state index is 0. The third kappa shape index (κ3) is 6.70. The minimum Gasteiger partial charge on any atom is -0.493 e. The summed E-state index contributed by atoms with van der Waals surface area (Å²) in [6.45, 7) is 4.96. The Kier molecular flexibility index (Phi) is 10.1. The summed E-state index contributed by atoms with van der Waals surface area (Å²) >= 11 is 0. The van der Waals surface area contributed by atoms with Gasteiger partial charge in [0.1, 0.15) is 11.4 Å². The predicted molar refractivity (Wildman–Crippen MR) is 123 cm³/mol. The summed E-state index contributed by atoms with van der Waals surface area (Å²) in [5.41, 5.74) is -0.267. The summed E-state index contributed by atoms with van der Waals surface area (Å²) in [5, 5.41) is 16.9. The Bertz CT molecular complexity index is 753. The molecule has 0 aliphatic rings. The number of halogens is 1. The van der Waals surface area contributed by atoms with Crippen molar-refractivity contribution in [3.8, 4) is 17.2 Å². The number of rotatable bonds is 9. The molecule has 29 heavy (non-hydrogen) atoms. The maximum atomic E-state index is 10.6. The number of aliphatic imine (C=N–C) groups is 1. The van der Waals surface area contributed by atoms with Crippen molar-refractivity contribution in [3.05, 3.63) is 41.9 Å². The highest BCUT2D eigenvalue weighted by Crippen LogP contribution is 2.38. The van der Waals surface area contributed by atoms with E-state index in [1.54, 1.807) is 40.4 Å². The van der Waals surface area contributed by atoms with E-state index in [0.717, 1.165) is 5.56 Å². The topological polar surface area (TPSA) is 97.5 Å². The number of aliphatic hydroxyl groups is 1. The number of nitrogens with one attached hydrogen (secondary N) is 2. The molecule has 162 valence electrons. The van der Waals surface area contributed by atoms with Crippen molar-refractivity contribution in [1.29, 1.82) is 0 Å². The molecule has 0 spiro atoms. The Balaban J connectivity index is 0.00000420. The van der Waals surface area contributed by atoms with Gasteiger partial charge >= 0.3 is 0 Å². The molecule has 9 heteroatoms. The van der Waals surface area contributed by atoms with Crippen LogP contribution in [-0.2, 0) is 12.1 Å². The van der Waals surface area contributed by atoms with Gasteiger partial charge < -0.3 is 34.4 Å². The molecule has 0 saturated carbocycles. The van der Waals surface area contributed by atoms with Gasteiger partial charge in [-0.2, -0.15) is 0 Å². The molecule has 3 N–H and O–H groups in total. The first-order valence-corrected chi connectivity index (χ1v) is 9.02. The second kappa shape index (κ2) is 11.8. The second-order valence-electron chi connectivity index (χ2n) is 6.33. The maximum absolute atomic E-state index is 10.6. The largest absolute Gasteiger partial charge is 0.493 e. The fourth-order valence-corrected chi connectivity index (χ4v) is 2.67. The zero-order valence-electron chi connectivity index (χ0n) is 17.4. The van der Waals surface area contributed by atoms with Crippen molar-refractivity contribution in [2.24, 2.45) is 4.99 Å². The van der Waals surface area contributed by atoms with Gasteiger partial charge in [-0.15, -0.1) is 24.0 Å². The van der Waals surface area contributed by atoms with E-state index < -0.39 is 5.60 Å². The van der Waals surface area contributed by atoms with Crippen LogP contribution in [0.4, 0.5) is 0 Å². The van der Waals surface area contributed by atoms with Gasteiger partial charge in [-0.05, 0) is 43.7 Å². The molecular weight excluding hydrogens is 489 g/mol. The normalized spacial score (nSPS) is 13.1. The summed E-state index contributed by atoms with van der Waals surface area (Å²) in [6.07, 6.45) is 1.54. The fourth-order valence-electron chi connectivity index (χ4n) is 2.67. The lowest BCUT2D eigenvalue weighted by Gasteiger charge is -2.22. The van der Waals surface area contributed by atoms with Crippen LogP contribution in [0.1, 0.15) is 25.2 Å². The molecule has 2 rings (SSSR count). The molecule has 8 nitrogen and oxygen atoms in total. The number of ether oxygens (including phenoxy) is 3. The SMILES string of the molecule is CCNC(=NCc1cc(OC)c(OC)c(OC)c1)NCC(C)(O)c1ccco1.I. The lowest BCUT2D eigenvalue weighted by Crippen LogP contribution is -2.44. The number of nitrogens with zero attached hydrogens (tertiary/aromatic N) is 1. The fraction of sp³-hybridized carbons (Fsp3) is 0.450. The Morgan fingerprint density at radius 2 is 1.79 bits per heavy atom. The standard InChI is InChI=1S/C20H29N3O5.HI/c1-6-21-19(23-13-20(2,24)17-8-7-9-28-17)22-12-14-10-15(25-3)18(27-5)16(11-14)26-4;/h7-11,24H,6,12-13H2,1-5H3,(H2,21,22,23);1H. The predicted octanol–water partition coefficient (Wildman–Crippen LogP) is 2.89. The number of hydrogen-bond donors (Lipinski definition) is 3. The van der Waals surface area contributed by atoms with Crippen LogP contribution in [0.25, 0.3) is 0 Å². The second-order valence-corrected chi connectivity index (χ2v) is 6.33. The molecule has 1 atom stereocenters. The number of benzene rings is 1. The van der Waals surface area contributed by atoms with Crippen LogP contribution in [0.3, 0.4) is 0 Å². The highest BCUT2D eigenvalue weighted by atomic mass is 127. The molecule has 0 aliphatic carbocycles. The maximum Gasteiger partial charge on any atom is 0.203 e. The van der Waals surface area contributed by atoms with Gasteiger partial charge in [-0.3, -0.25) is 0 Å². The van der Waals surface area contributed by atoms with Crippen molar-refractivity contribution in [2.75, 3.05) is 34.4 Å². The first-order chi connectivity index (χ1) is 13.4. The third-order valence-corrected chi connectivity index (χ3v) is 4.14. The van der Waals surface area contributed by atoms with E-state index in [9.17, 15) is 5.11 Å². The van der Waals surface area contributed by atoms with Crippen LogP contribution < -0.4 is 24.8 Å². The van der Waals surface area contributed by atoms with E-state index in [1.807, 2.05) is 19.1 Å². The zero-order chi connectivity index (χ0) is 20.6. The molecule has 1 aromatic carbocycles. The number of hydrogen-bond acceptors (Lipinski definition) is 6. The van der Waals surface area contributed by atoms with E-state index >= 15 is 0 Å². The average molecular weight is 519 g/mol. The Labute approximate surface area is 188 Å². The van der Waals surface area contributed by atoms with Crippen LogP contribution in [0, 0.1) is 0 Å². The third-order valence-electron chi connectivity index (χ3n) is 4.14. The molecule has 2 aromatic rings. The monoisotopic (exact) mass is 519 g/mol. The van der Waals surface area contributed by atoms with Crippen molar-refractivity contribution < 1.29 is 23.7 Å². The molecule has 0 saturated heterocycles. The molecule has 0 aliphatic heterocycles. The van der Waals surface area contributed by atoms with Gasteiger partial charge in [-0.25, -0.2) is 4.99 Å². The summed E-state index contributed by atoms with van der Waals surface area (Å²) in [6, 6.07) is 7.19. The minimum atomic E-state index is -1.16. The van der Waals surface area contributed by atoms with E-state index in [2.05, 4.69) is 15.6 Å². The molecule has 0 bridgehead atoms. The van der Waals surface area contributed by atoms with Crippen LogP contribution >= 0.6 is 24.0 Å². The van der Waals surface area contributed by atoms with Gasteiger partial charge in [0.05, 0.1) is 40.7 Å². The molecule has 0 fully saturated rings. The van der Waals surface area contributed by atoms with Gasteiger partial charge in [-0.1, -0.05) is 0 Å². The highest BCUT2D eigenvalue weighted by Gasteiger charge is 2.26. The van der Waals surface area contributed by atoms with E-state index in [4.69, 9.17) is 18.6 Å². The quantitative estimate of drug-likeness (QED) is 0.266. The number of furan rings is 1. The van der Waals surface area contributed by atoms with E-state index in [0.29, 0.717) is 42.1 Å². The number of methoxy groups -OCH3 is 3. The first kappa shape index (κ1) is 24.9. The van der Waals surface area contributed by atoms with E-state index in [-0.39, 0.29) is 30.5 Å². The van der Waals surface area contributed by atoms with Crippen molar-refractivity contribution in [2.45, 2.75) is 26.0 Å². The van der Waals surface area contributed by atoms with Crippen molar-refractivity contribution in [3.63, 3.8) is 0 Å². The van der Waals surface area contributed by atoms with E-state index in [1.165, 1.54) is 6.26 Å². The van der Waals surface area contributed by atoms with Crippen LogP contribution in [0.2, 0.25) is 0 Å². The molecule has 1 heterocycles.